The van der Waals surface area contributed by atoms with E-state index < -0.39 is 0 Å². The molecule has 0 aliphatic rings. The molecule has 0 saturated carbocycles. The van der Waals surface area contributed by atoms with Crippen LogP contribution >= 0.6 is 0 Å². The molecule has 4 nitrogen and oxygen atoms in total. The van der Waals surface area contributed by atoms with Gasteiger partial charge in [0.15, 0.2) is 5.65 Å². The Kier molecular flexibility index (Phi) is 3.57. The summed E-state index contributed by atoms with van der Waals surface area (Å²) in [6.07, 6.45) is 1.69. The van der Waals surface area contributed by atoms with E-state index in [1.807, 2.05) is 12.1 Å². The SMILES string of the molecule is Cc1c(C)c(C)c(C#Cc2ccc3nc(N)cn3n2)c(C)c1C. The van der Waals surface area contributed by atoms with Crippen LogP contribution in [0.3, 0.4) is 0 Å². The second kappa shape index (κ2) is 5.44. The van der Waals surface area contributed by atoms with E-state index in [1.165, 1.54) is 27.8 Å². The molecule has 0 atom stereocenters. The molecule has 0 amide bonds. The molecular formula is C19H20N4. The fraction of sp³-hybridized carbons (Fsp3) is 0.263. The van der Waals surface area contributed by atoms with Crippen molar-refractivity contribution < 1.29 is 0 Å². The van der Waals surface area contributed by atoms with Crippen molar-refractivity contribution in [3.8, 4) is 11.8 Å². The largest absolute Gasteiger partial charge is 0.382 e. The summed E-state index contributed by atoms with van der Waals surface area (Å²) in [5.41, 5.74) is 14.6. The van der Waals surface area contributed by atoms with Crippen molar-refractivity contribution in [2.45, 2.75) is 34.6 Å². The molecule has 0 bridgehead atoms. The molecule has 2 aromatic heterocycles. The van der Waals surface area contributed by atoms with Gasteiger partial charge in [-0.2, -0.15) is 5.10 Å². The summed E-state index contributed by atoms with van der Waals surface area (Å²) in [4.78, 5) is 4.16. The summed E-state index contributed by atoms with van der Waals surface area (Å²) in [5.74, 6) is 6.93. The molecule has 3 rings (SSSR count). The van der Waals surface area contributed by atoms with Crippen LogP contribution in [0.2, 0.25) is 0 Å². The maximum Gasteiger partial charge on any atom is 0.156 e. The molecule has 2 heterocycles. The molecule has 3 aromatic rings. The van der Waals surface area contributed by atoms with E-state index in [-0.39, 0.29) is 0 Å². The number of anilines is 1. The first-order chi connectivity index (χ1) is 10.9. The lowest BCUT2D eigenvalue weighted by Gasteiger charge is -2.14. The van der Waals surface area contributed by atoms with Crippen LogP contribution < -0.4 is 5.73 Å². The van der Waals surface area contributed by atoms with Crippen molar-refractivity contribution in [2.75, 3.05) is 5.73 Å². The Balaban J connectivity index is 2.10. The minimum Gasteiger partial charge on any atom is -0.382 e. The minimum atomic E-state index is 0.457. The lowest BCUT2D eigenvalue weighted by molar-refractivity contribution is 0.924. The number of nitrogens with two attached hydrogens (primary N) is 1. The zero-order valence-electron chi connectivity index (χ0n) is 14.2. The Labute approximate surface area is 136 Å². The summed E-state index contributed by atoms with van der Waals surface area (Å²) >= 11 is 0. The average Bonchev–Trinajstić information content (AvgIpc) is 2.90. The van der Waals surface area contributed by atoms with Crippen molar-refractivity contribution in [3.63, 3.8) is 0 Å². The Morgan fingerprint density at radius 2 is 1.48 bits per heavy atom. The van der Waals surface area contributed by atoms with E-state index in [9.17, 15) is 0 Å². The molecule has 0 radical (unpaired) electrons. The van der Waals surface area contributed by atoms with Gasteiger partial charge in [0, 0.05) is 5.56 Å². The van der Waals surface area contributed by atoms with E-state index >= 15 is 0 Å². The van der Waals surface area contributed by atoms with Gasteiger partial charge in [-0.15, -0.1) is 0 Å². The van der Waals surface area contributed by atoms with E-state index in [0.717, 1.165) is 11.2 Å². The first-order valence-electron chi connectivity index (χ1n) is 7.59. The summed E-state index contributed by atoms with van der Waals surface area (Å²) < 4.78 is 1.66. The van der Waals surface area contributed by atoms with Crippen LogP contribution in [0, 0.1) is 46.5 Å². The Morgan fingerprint density at radius 3 is 2.13 bits per heavy atom. The lowest BCUT2D eigenvalue weighted by Crippen LogP contribution is -2.00. The number of nitrogens with zero attached hydrogens (tertiary/aromatic N) is 3. The van der Waals surface area contributed by atoms with Gasteiger partial charge in [0.25, 0.3) is 0 Å². The molecule has 0 spiro atoms. The van der Waals surface area contributed by atoms with Gasteiger partial charge in [-0.05, 0) is 80.5 Å². The third-order valence-corrected chi connectivity index (χ3v) is 4.65. The molecule has 0 fully saturated rings. The average molecular weight is 304 g/mol. The highest BCUT2D eigenvalue weighted by atomic mass is 15.3. The van der Waals surface area contributed by atoms with Crippen LogP contribution in [0.15, 0.2) is 18.3 Å². The van der Waals surface area contributed by atoms with E-state index in [2.05, 4.69) is 56.5 Å². The number of nitrogen functional groups attached to an aromatic ring is 1. The minimum absolute atomic E-state index is 0.457. The predicted octanol–water partition coefficient (Wildman–Crippen LogP) is 3.25. The quantitative estimate of drug-likeness (QED) is 0.649. The second-order valence-corrected chi connectivity index (χ2v) is 5.94. The number of rotatable bonds is 0. The molecule has 1 aromatic carbocycles. The van der Waals surface area contributed by atoms with Crippen LogP contribution in [0.25, 0.3) is 5.65 Å². The Morgan fingerprint density at radius 1 is 0.870 bits per heavy atom. The van der Waals surface area contributed by atoms with Crippen LogP contribution in [-0.4, -0.2) is 14.6 Å². The third-order valence-electron chi connectivity index (χ3n) is 4.65. The zero-order valence-corrected chi connectivity index (χ0v) is 14.2. The van der Waals surface area contributed by atoms with Crippen LogP contribution in [0.1, 0.15) is 39.1 Å². The monoisotopic (exact) mass is 304 g/mol. The molecule has 2 N–H and O–H groups in total. The van der Waals surface area contributed by atoms with Crippen LogP contribution in [-0.2, 0) is 0 Å². The number of fused-ring (bicyclic) bond motifs is 1. The summed E-state index contributed by atoms with van der Waals surface area (Å²) in [5, 5.41) is 4.43. The maximum atomic E-state index is 5.68. The number of aromatic nitrogens is 3. The number of benzene rings is 1. The first-order valence-corrected chi connectivity index (χ1v) is 7.59. The van der Waals surface area contributed by atoms with Gasteiger partial charge in [0.05, 0.1) is 6.20 Å². The zero-order chi connectivity index (χ0) is 16.7. The highest BCUT2D eigenvalue weighted by molar-refractivity contribution is 5.57. The van der Waals surface area contributed by atoms with Gasteiger partial charge in [-0.3, -0.25) is 0 Å². The van der Waals surface area contributed by atoms with Crippen LogP contribution in [0.4, 0.5) is 5.82 Å². The van der Waals surface area contributed by atoms with Gasteiger partial charge in [0.1, 0.15) is 11.5 Å². The van der Waals surface area contributed by atoms with Crippen molar-refractivity contribution in [1.29, 1.82) is 0 Å². The number of hydrogen-bond acceptors (Lipinski definition) is 3. The van der Waals surface area contributed by atoms with Crippen molar-refractivity contribution in [1.82, 2.24) is 14.6 Å². The van der Waals surface area contributed by atoms with Gasteiger partial charge in [-0.25, -0.2) is 9.50 Å². The molecular weight excluding hydrogens is 284 g/mol. The summed E-state index contributed by atoms with van der Waals surface area (Å²) in [6.45, 7) is 10.7. The van der Waals surface area contributed by atoms with Crippen molar-refractivity contribution >= 4 is 11.5 Å². The summed E-state index contributed by atoms with van der Waals surface area (Å²) in [7, 11) is 0. The van der Waals surface area contributed by atoms with Gasteiger partial charge in [-0.1, -0.05) is 5.92 Å². The second-order valence-electron chi connectivity index (χ2n) is 5.94. The van der Waals surface area contributed by atoms with Crippen molar-refractivity contribution in [2.24, 2.45) is 0 Å². The first kappa shape index (κ1) is 15.1. The third kappa shape index (κ3) is 2.55. The molecule has 23 heavy (non-hydrogen) atoms. The number of imidazole rings is 1. The number of hydrogen-bond donors (Lipinski definition) is 1. The van der Waals surface area contributed by atoms with Gasteiger partial charge >= 0.3 is 0 Å². The molecule has 0 saturated heterocycles. The molecule has 0 aliphatic carbocycles. The predicted molar refractivity (Wildman–Crippen MR) is 93.5 cm³/mol. The van der Waals surface area contributed by atoms with Crippen molar-refractivity contribution in [3.05, 3.63) is 57.4 Å². The lowest BCUT2D eigenvalue weighted by atomic mass is 9.90. The Bertz CT molecular complexity index is 955. The molecule has 0 unspecified atom stereocenters. The maximum absolute atomic E-state index is 5.68. The van der Waals surface area contributed by atoms with Gasteiger partial charge in [0.2, 0.25) is 0 Å². The summed E-state index contributed by atoms with van der Waals surface area (Å²) in [6, 6.07) is 3.74. The molecule has 116 valence electrons. The highest BCUT2D eigenvalue weighted by Gasteiger charge is 2.10. The van der Waals surface area contributed by atoms with Gasteiger partial charge < -0.3 is 5.73 Å². The topological polar surface area (TPSA) is 56.2 Å². The fourth-order valence-corrected chi connectivity index (χ4v) is 2.78. The standard InChI is InChI=1S/C19H20N4/c1-11-12(2)14(4)17(15(5)13(11)3)8-6-16-7-9-19-21-18(20)10-23(19)22-16/h7,9-10H,20H2,1-5H3. The molecule has 4 heteroatoms. The molecule has 0 aliphatic heterocycles. The van der Waals surface area contributed by atoms with E-state index in [4.69, 9.17) is 5.73 Å². The normalized spacial score (nSPS) is 10.7. The smallest absolute Gasteiger partial charge is 0.156 e. The van der Waals surface area contributed by atoms with E-state index in [1.54, 1.807) is 10.7 Å². The van der Waals surface area contributed by atoms with Crippen LogP contribution in [0.5, 0.6) is 0 Å². The van der Waals surface area contributed by atoms with E-state index in [0.29, 0.717) is 11.5 Å². The highest BCUT2D eigenvalue weighted by Crippen LogP contribution is 2.25. The fourth-order valence-electron chi connectivity index (χ4n) is 2.78. The Hall–Kier alpha value is -2.80.